The fraction of sp³-hybridized carbons (Fsp3) is 0.250. The first-order valence-corrected chi connectivity index (χ1v) is 8.32. The molecule has 2 heterocycles. The summed E-state index contributed by atoms with van der Waals surface area (Å²) in [5.41, 5.74) is 1.03. The lowest BCUT2D eigenvalue weighted by atomic mass is 9.93. The van der Waals surface area contributed by atoms with Gasteiger partial charge in [0.25, 0.3) is 5.91 Å². The molecule has 1 aliphatic rings. The van der Waals surface area contributed by atoms with Crippen molar-refractivity contribution in [1.29, 1.82) is 0 Å². The molecule has 1 N–H and O–H groups in total. The highest BCUT2D eigenvalue weighted by Crippen LogP contribution is 2.43. The van der Waals surface area contributed by atoms with Gasteiger partial charge in [-0.1, -0.05) is 32.0 Å². The second kappa shape index (κ2) is 7.00. The lowest BCUT2D eigenvalue weighted by Crippen LogP contribution is -2.32. The zero-order valence-corrected chi connectivity index (χ0v) is 14.8. The monoisotopic (exact) mass is 352 g/mol. The molecule has 1 aromatic carbocycles. The maximum absolute atomic E-state index is 12.9. The van der Waals surface area contributed by atoms with Gasteiger partial charge < -0.3 is 9.84 Å². The molecule has 0 saturated heterocycles. The van der Waals surface area contributed by atoms with Crippen molar-refractivity contribution in [2.24, 2.45) is 5.92 Å². The van der Waals surface area contributed by atoms with Crippen LogP contribution in [0.3, 0.4) is 0 Å². The number of carbonyl (C=O) groups is 2. The fourth-order valence-corrected chi connectivity index (χ4v) is 3.06. The van der Waals surface area contributed by atoms with Crippen molar-refractivity contribution in [3.05, 3.63) is 65.7 Å². The number of ketones is 1. The third-order valence-corrected chi connectivity index (χ3v) is 4.31. The van der Waals surface area contributed by atoms with E-state index in [1.165, 1.54) is 12.0 Å². The van der Waals surface area contributed by atoms with Gasteiger partial charge in [0.1, 0.15) is 11.8 Å². The summed E-state index contributed by atoms with van der Waals surface area (Å²) in [5, 5.41) is 10.5. The average Bonchev–Trinajstić information content (AvgIpc) is 2.92. The smallest absolute Gasteiger partial charge is 0.294 e. The first-order valence-electron chi connectivity index (χ1n) is 8.32. The Morgan fingerprint density at radius 2 is 1.88 bits per heavy atom. The zero-order chi connectivity index (χ0) is 18.8. The van der Waals surface area contributed by atoms with Crippen LogP contribution in [-0.2, 0) is 9.59 Å². The summed E-state index contributed by atoms with van der Waals surface area (Å²) < 4.78 is 5.37. The summed E-state index contributed by atoms with van der Waals surface area (Å²) in [4.78, 5) is 31.3. The largest absolute Gasteiger partial charge is 0.503 e. The third-order valence-electron chi connectivity index (χ3n) is 4.31. The number of aliphatic hydroxyl groups is 1. The molecule has 6 heteroatoms. The van der Waals surface area contributed by atoms with Crippen molar-refractivity contribution in [1.82, 2.24) is 4.98 Å². The number of anilines is 1. The van der Waals surface area contributed by atoms with E-state index in [-0.39, 0.29) is 17.3 Å². The van der Waals surface area contributed by atoms with E-state index in [0.29, 0.717) is 17.1 Å². The van der Waals surface area contributed by atoms with Gasteiger partial charge >= 0.3 is 0 Å². The molecule has 1 amide bonds. The number of ether oxygens (including phenoxy) is 1. The molecule has 0 aliphatic carbocycles. The lowest BCUT2D eigenvalue weighted by Gasteiger charge is -2.27. The van der Waals surface area contributed by atoms with E-state index in [9.17, 15) is 14.7 Å². The van der Waals surface area contributed by atoms with Crippen molar-refractivity contribution < 1.29 is 19.4 Å². The predicted octanol–water partition coefficient (Wildman–Crippen LogP) is 3.22. The van der Waals surface area contributed by atoms with Crippen LogP contribution in [0.15, 0.2) is 60.0 Å². The number of aliphatic hydroxyl groups excluding tert-OH is 1. The predicted molar refractivity (Wildman–Crippen MR) is 97.0 cm³/mol. The Labute approximate surface area is 151 Å². The number of carbonyl (C=O) groups excluding carboxylic acids is 2. The summed E-state index contributed by atoms with van der Waals surface area (Å²) in [6, 6.07) is 11.4. The summed E-state index contributed by atoms with van der Waals surface area (Å²) in [7, 11) is 1.50. The molecule has 0 fully saturated rings. The van der Waals surface area contributed by atoms with Crippen molar-refractivity contribution in [2.75, 3.05) is 12.0 Å². The van der Waals surface area contributed by atoms with Crippen molar-refractivity contribution >= 4 is 17.4 Å². The van der Waals surface area contributed by atoms with Gasteiger partial charge in [-0.05, 0) is 24.3 Å². The Kier molecular flexibility index (Phi) is 4.75. The van der Waals surface area contributed by atoms with Gasteiger partial charge in [0.2, 0.25) is 0 Å². The molecular formula is C20H20N2O4. The summed E-state index contributed by atoms with van der Waals surface area (Å²) in [6.07, 6.45) is 1.59. The number of methoxy groups -OCH3 is 1. The second-order valence-electron chi connectivity index (χ2n) is 6.29. The summed E-state index contributed by atoms with van der Waals surface area (Å²) in [5.74, 6) is -1.38. The minimum Gasteiger partial charge on any atom is -0.503 e. The molecule has 0 radical (unpaired) electrons. The number of benzene rings is 1. The molecule has 26 heavy (non-hydrogen) atoms. The highest BCUT2D eigenvalue weighted by atomic mass is 16.5. The van der Waals surface area contributed by atoms with Crippen molar-refractivity contribution in [3.63, 3.8) is 0 Å². The van der Waals surface area contributed by atoms with Gasteiger partial charge in [-0.2, -0.15) is 0 Å². The van der Waals surface area contributed by atoms with Crippen LogP contribution in [0, 0.1) is 5.92 Å². The minimum absolute atomic E-state index is 0.0645. The number of hydrogen-bond acceptors (Lipinski definition) is 5. The second-order valence-corrected chi connectivity index (χ2v) is 6.29. The van der Waals surface area contributed by atoms with Gasteiger partial charge in [0.15, 0.2) is 11.5 Å². The summed E-state index contributed by atoms with van der Waals surface area (Å²) >= 11 is 0. The van der Waals surface area contributed by atoms with Crippen molar-refractivity contribution in [2.45, 2.75) is 19.9 Å². The Hall–Kier alpha value is -3.15. The molecule has 134 valence electrons. The molecule has 0 saturated carbocycles. The zero-order valence-electron chi connectivity index (χ0n) is 14.8. The third kappa shape index (κ3) is 2.83. The Bertz CT molecular complexity index is 874. The van der Waals surface area contributed by atoms with E-state index in [4.69, 9.17) is 4.74 Å². The van der Waals surface area contributed by atoms with Crippen molar-refractivity contribution in [3.8, 4) is 5.75 Å². The van der Waals surface area contributed by atoms with Gasteiger partial charge in [-0.25, -0.2) is 0 Å². The van der Waals surface area contributed by atoms with Gasteiger partial charge in [0.05, 0.1) is 24.1 Å². The van der Waals surface area contributed by atoms with Crippen LogP contribution < -0.4 is 9.64 Å². The molecule has 6 nitrogen and oxygen atoms in total. The molecule has 1 unspecified atom stereocenters. The van der Waals surface area contributed by atoms with E-state index in [0.717, 1.165) is 0 Å². The number of hydrogen-bond donors (Lipinski definition) is 1. The van der Waals surface area contributed by atoms with Crippen LogP contribution in [0.5, 0.6) is 5.75 Å². The molecule has 2 aromatic rings. The number of rotatable bonds is 5. The average molecular weight is 352 g/mol. The number of para-hydroxylation sites is 2. The van der Waals surface area contributed by atoms with E-state index in [1.54, 1.807) is 62.5 Å². The maximum Gasteiger partial charge on any atom is 0.294 e. The number of pyridine rings is 1. The first-order chi connectivity index (χ1) is 12.5. The Morgan fingerprint density at radius 1 is 1.19 bits per heavy atom. The molecule has 1 aliphatic heterocycles. The van der Waals surface area contributed by atoms with Crippen LogP contribution >= 0.6 is 0 Å². The van der Waals surface area contributed by atoms with Crippen LogP contribution in [0.2, 0.25) is 0 Å². The number of nitrogens with zero attached hydrogens (tertiary/aromatic N) is 2. The molecular weight excluding hydrogens is 332 g/mol. The SMILES string of the molecule is COc1ccccc1N1C(=O)C(O)=C(C(=O)C(C)C)C1c1ccccn1. The normalized spacial score (nSPS) is 17.2. The van der Waals surface area contributed by atoms with Crippen LogP contribution in [-0.4, -0.2) is 28.9 Å². The fourth-order valence-electron chi connectivity index (χ4n) is 3.06. The van der Waals surface area contributed by atoms with Gasteiger partial charge in [-0.15, -0.1) is 0 Å². The van der Waals surface area contributed by atoms with Gasteiger partial charge in [0, 0.05) is 12.1 Å². The van der Waals surface area contributed by atoms with E-state index >= 15 is 0 Å². The number of amides is 1. The molecule has 1 atom stereocenters. The Balaban J connectivity index is 2.22. The lowest BCUT2D eigenvalue weighted by molar-refractivity contribution is -0.119. The van der Waals surface area contributed by atoms with E-state index in [2.05, 4.69) is 4.98 Å². The number of aromatic nitrogens is 1. The topological polar surface area (TPSA) is 79.7 Å². The Morgan fingerprint density at radius 3 is 2.50 bits per heavy atom. The van der Waals surface area contributed by atoms with Crippen LogP contribution in [0.25, 0.3) is 0 Å². The molecule has 0 spiro atoms. The van der Waals surface area contributed by atoms with E-state index < -0.39 is 17.7 Å². The highest BCUT2D eigenvalue weighted by Gasteiger charge is 2.46. The van der Waals surface area contributed by atoms with E-state index in [1.807, 2.05) is 0 Å². The molecule has 1 aromatic heterocycles. The minimum atomic E-state index is -0.810. The molecule has 3 rings (SSSR count). The standard InChI is InChI=1S/C20H20N2O4/c1-12(2)18(23)16-17(13-8-6-7-11-21-13)22(20(25)19(16)24)14-9-4-5-10-15(14)26-3/h4-12,17,24H,1-3H3. The highest BCUT2D eigenvalue weighted by molar-refractivity contribution is 6.17. The summed E-state index contributed by atoms with van der Waals surface area (Å²) in [6.45, 7) is 3.46. The molecule has 0 bridgehead atoms. The quantitative estimate of drug-likeness (QED) is 0.894. The van der Waals surface area contributed by atoms with Crippen LogP contribution in [0.4, 0.5) is 5.69 Å². The first kappa shape index (κ1) is 17.7. The maximum atomic E-state index is 12.9. The van der Waals surface area contributed by atoms with Gasteiger partial charge in [-0.3, -0.25) is 19.5 Å². The number of Topliss-reactive ketones (excluding diaryl/α,β-unsaturated/α-hetero) is 1. The van der Waals surface area contributed by atoms with Crippen LogP contribution in [0.1, 0.15) is 25.6 Å².